The van der Waals surface area contributed by atoms with E-state index in [0.29, 0.717) is 6.54 Å². The maximum absolute atomic E-state index is 11.8. The molecule has 2 unspecified atom stereocenters. The topological polar surface area (TPSA) is 67.8 Å². The highest BCUT2D eigenvalue weighted by atomic mass is 16.6. The predicted molar refractivity (Wildman–Crippen MR) is 82.3 cm³/mol. The molecule has 1 saturated heterocycles. The number of aliphatic hydroxyl groups is 1. The Morgan fingerprint density at radius 2 is 2.14 bits per heavy atom. The van der Waals surface area contributed by atoms with Crippen LogP contribution in [0.4, 0.5) is 4.79 Å². The van der Waals surface area contributed by atoms with E-state index in [1.807, 2.05) is 20.8 Å². The highest BCUT2D eigenvalue weighted by molar-refractivity contribution is 5.67. The predicted octanol–water partition coefficient (Wildman–Crippen LogP) is 2.86. The lowest BCUT2D eigenvalue weighted by atomic mass is 9.78. The molecule has 0 aliphatic carbocycles. The van der Waals surface area contributed by atoms with Crippen LogP contribution in [0.2, 0.25) is 0 Å². The monoisotopic (exact) mass is 301 g/mol. The third-order valence-electron chi connectivity index (χ3n) is 3.81. The van der Waals surface area contributed by atoms with Gasteiger partial charge in [0.25, 0.3) is 0 Å². The number of aliphatic hydroxyl groups excluding tert-OH is 1. The molecule has 0 bridgehead atoms. The Bertz CT molecular complexity index is 321. The molecular weight excluding hydrogens is 270 g/mol. The number of nitrogens with one attached hydrogen (secondary N) is 1. The van der Waals surface area contributed by atoms with Gasteiger partial charge < -0.3 is 19.9 Å². The zero-order valence-electron chi connectivity index (χ0n) is 13.9. The van der Waals surface area contributed by atoms with Crippen molar-refractivity contribution < 1.29 is 19.4 Å². The summed E-state index contributed by atoms with van der Waals surface area (Å²) in [6.07, 6.45) is 4.50. The van der Waals surface area contributed by atoms with Crippen LogP contribution >= 0.6 is 0 Å². The quantitative estimate of drug-likeness (QED) is 0.759. The number of ether oxygens (including phenoxy) is 2. The minimum absolute atomic E-state index is 0.0521. The van der Waals surface area contributed by atoms with Gasteiger partial charge in [-0.3, -0.25) is 0 Å². The van der Waals surface area contributed by atoms with E-state index in [1.165, 1.54) is 0 Å². The fourth-order valence-corrected chi connectivity index (χ4v) is 2.85. The molecule has 5 heteroatoms. The van der Waals surface area contributed by atoms with Crippen LogP contribution in [0.3, 0.4) is 0 Å². The molecule has 1 heterocycles. The summed E-state index contributed by atoms with van der Waals surface area (Å²) in [5.41, 5.74) is -0.827. The normalized spacial score (nSPS) is 21.9. The average Bonchev–Trinajstić information content (AvgIpc) is 2.87. The maximum atomic E-state index is 11.8. The molecule has 21 heavy (non-hydrogen) atoms. The summed E-state index contributed by atoms with van der Waals surface area (Å²) >= 11 is 0. The molecule has 0 radical (unpaired) electrons. The van der Waals surface area contributed by atoms with Gasteiger partial charge in [0, 0.05) is 18.6 Å². The first-order valence-corrected chi connectivity index (χ1v) is 7.99. The van der Waals surface area contributed by atoms with Crippen molar-refractivity contribution in [2.24, 2.45) is 5.41 Å². The molecule has 124 valence electrons. The zero-order valence-corrected chi connectivity index (χ0v) is 13.9. The molecule has 5 nitrogen and oxygen atoms in total. The minimum Gasteiger partial charge on any atom is -0.444 e. The van der Waals surface area contributed by atoms with Gasteiger partial charge in [-0.25, -0.2) is 4.79 Å². The number of rotatable bonds is 7. The second-order valence-corrected chi connectivity index (χ2v) is 7.10. The van der Waals surface area contributed by atoms with Crippen LogP contribution in [0, 0.1) is 5.41 Å². The van der Waals surface area contributed by atoms with Crippen LogP contribution < -0.4 is 5.32 Å². The molecular formula is C16H31NO4. The lowest BCUT2D eigenvalue weighted by Crippen LogP contribution is -2.43. The summed E-state index contributed by atoms with van der Waals surface area (Å²) in [6.45, 7) is 8.88. The van der Waals surface area contributed by atoms with Gasteiger partial charge in [0.15, 0.2) is 0 Å². The number of hydrogen-bond donors (Lipinski definition) is 2. The van der Waals surface area contributed by atoms with Crippen LogP contribution in [0.5, 0.6) is 0 Å². The second-order valence-electron chi connectivity index (χ2n) is 7.10. The van der Waals surface area contributed by atoms with E-state index in [4.69, 9.17) is 9.47 Å². The van der Waals surface area contributed by atoms with E-state index >= 15 is 0 Å². The Kier molecular flexibility index (Phi) is 6.94. The average molecular weight is 301 g/mol. The van der Waals surface area contributed by atoms with Crippen molar-refractivity contribution in [2.75, 3.05) is 19.8 Å². The Morgan fingerprint density at radius 3 is 2.62 bits per heavy atom. The molecule has 1 fully saturated rings. The molecule has 1 aliphatic heterocycles. The first-order chi connectivity index (χ1) is 9.80. The molecule has 1 aliphatic rings. The lowest BCUT2D eigenvalue weighted by molar-refractivity contribution is 0.0180. The van der Waals surface area contributed by atoms with Gasteiger partial charge in [-0.1, -0.05) is 13.3 Å². The smallest absolute Gasteiger partial charge is 0.407 e. The number of amides is 1. The molecule has 0 saturated carbocycles. The van der Waals surface area contributed by atoms with Gasteiger partial charge in [-0.2, -0.15) is 0 Å². The molecule has 2 N–H and O–H groups in total. The molecule has 1 amide bonds. The molecule has 0 aromatic rings. The number of carbonyl (C=O) groups excluding carboxylic acids is 1. The van der Waals surface area contributed by atoms with Crippen LogP contribution in [0.15, 0.2) is 0 Å². The molecule has 0 aromatic heterocycles. The summed E-state index contributed by atoms with van der Waals surface area (Å²) < 4.78 is 11.0. The van der Waals surface area contributed by atoms with E-state index in [-0.39, 0.29) is 18.1 Å². The summed E-state index contributed by atoms with van der Waals surface area (Å²) in [4.78, 5) is 11.8. The Morgan fingerprint density at radius 1 is 1.43 bits per heavy atom. The van der Waals surface area contributed by atoms with Crippen molar-refractivity contribution in [2.45, 2.75) is 71.5 Å². The van der Waals surface area contributed by atoms with Gasteiger partial charge in [0.2, 0.25) is 0 Å². The highest BCUT2D eigenvalue weighted by Gasteiger charge is 2.34. The van der Waals surface area contributed by atoms with Crippen molar-refractivity contribution >= 4 is 6.09 Å². The van der Waals surface area contributed by atoms with E-state index < -0.39 is 11.7 Å². The summed E-state index contributed by atoms with van der Waals surface area (Å²) in [5.74, 6) is 0. The lowest BCUT2D eigenvalue weighted by Gasteiger charge is -2.34. The first-order valence-electron chi connectivity index (χ1n) is 7.99. The van der Waals surface area contributed by atoms with Crippen LogP contribution in [0.25, 0.3) is 0 Å². The van der Waals surface area contributed by atoms with Crippen molar-refractivity contribution in [1.82, 2.24) is 5.32 Å². The molecule has 0 spiro atoms. The van der Waals surface area contributed by atoms with Gasteiger partial charge >= 0.3 is 6.09 Å². The zero-order chi connectivity index (χ0) is 15.9. The van der Waals surface area contributed by atoms with E-state index in [9.17, 15) is 9.90 Å². The van der Waals surface area contributed by atoms with Crippen LogP contribution in [-0.4, -0.2) is 42.7 Å². The Balaban J connectivity index is 2.57. The largest absolute Gasteiger partial charge is 0.444 e. The standard InChI is InChI=1S/C16H31NO4/c1-5-8-16(12-18,10-13-7-6-9-20-13)11-17-14(19)21-15(2,3)4/h13,18H,5-12H2,1-4H3,(H,17,19). The van der Waals surface area contributed by atoms with E-state index in [1.54, 1.807) is 0 Å². The molecule has 1 rings (SSSR count). The molecule has 2 atom stereocenters. The Hall–Kier alpha value is -0.810. The number of alkyl carbamates (subject to hydrolysis) is 1. The van der Waals surface area contributed by atoms with Gasteiger partial charge in [0.1, 0.15) is 5.60 Å². The maximum Gasteiger partial charge on any atom is 0.407 e. The summed E-state index contributed by atoms with van der Waals surface area (Å²) in [5, 5.41) is 12.7. The van der Waals surface area contributed by atoms with Gasteiger partial charge in [0.05, 0.1) is 12.7 Å². The fourth-order valence-electron chi connectivity index (χ4n) is 2.85. The number of hydrogen-bond acceptors (Lipinski definition) is 4. The fraction of sp³-hybridized carbons (Fsp3) is 0.938. The first kappa shape index (κ1) is 18.2. The summed E-state index contributed by atoms with van der Waals surface area (Å²) in [6, 6.07) is 0. The van der Waals surface area contributed by atoms with Gasteiger partial charge in [-0.05, 0) is 46.5 Å². The van der Waals surface area contributed by atoms with Crippen molar-refractivity contribution in [3.63, 3.8) is 0 Å². The van der Waals surface area contributed by atoms with E-state index in [0.717, 1.165) is 38.7 Å². The van der Waals surface area contributed by atoms with Gasteiger partial charge in [-0.15, -0.1) is 0 Å². The molecule has 0 aromatic carbocycles. The second kappa shape index (κ2) is 7.99. The van der Waals surface area contributed by atoms with Crippen molar-refractivity contribution in [1.29, 1.82) is 0 Å². The van der Waals surface area contributed by atoms with Crippen LogP contribution in [0.1, 0.15) is 59.8 Å². The van der Waals surface area contributed by atoms with Crippen molar-refractivity contribution in [3.05, 3.63) is 0 Å². The summed E-state index contributed by atoms with van der Waals surface area (Å²) in [7, 11) is 0. The highest BCUT2D eigenvalue weighted by Crippen LogP contribution is 2.33. The third-order valence-corrected chi connectivity index (χ3v) is 3.81. The SMILES string of the molecule is CCCC(CO)(CNC(=O)OC(C)(C)C)CC1CCCO1. The van der Waals surface area contributed by atoms with E-state index in [2.05, 4.69) is 12.2 Å². The van der Waals surface area contributed by atoms with Crippen LogP contribution in [-0.2, 0) is 9.47 Å². The minimum atomic E-state index is -0.509. The number of carbonyl (C=O) groups is 1. The Labute approximate surface area is 128 Å². The van der Waals surface area contributed by atoms with Crippen molar-refractivity contribution in [3.8, 4) is 0 Å². The third kappa shape index (κ3) is 6.66.